The third-order valence-electron chi connectivity index (χ3n) is 1.86. The Balaban J connectivity index is 3.07. The zero-order valence-corrected chi connectivity index (χ0v) is 10.8. The summed E-state index contributed by atoms with van der Waals surface area (Å²) in [5.41, 5.74) is 0. The Morgan fingerprint density at radius 2 is 2.12 bits per heavy atom. The Bertz CT molecular complexity index is 500. The minimum Gasteiger partial charge on any atom is -0.480 e. The average molecular weight is 308 g/mol. The van der Waals surface area contributed by atoms with Crippen LogP contribution >= 0.6 is 15.9 Å². The van der Waals surface area contributed by atoms with Crippen molar-refractivity contribution in [2.75, 3.05) is 13.6 Å². The second-order valence-corrected chi connectivity index (χ2v) is 6.07. The van der Waals surface area contributed by atoms with Crippen molar-refractivity contribution in [3.8, 4) is 0 Å². The van der Waals surface area contributed by atoms with Gasteiger partial charge in [-0.05, 0) is 18.2 Å². The van der Waals surface area contributed by atoms with Crippen LogP contribution in [-0.4, -0.2) is 37.4 Å². The van der Waals surface area contributed by atoms with E-state index in [4.69, 9.17) is 5.11 Å². The maximum absolute atomic E-state index is 11.9. The molecule has 1 N–H and O–H groups in total. The van der Waals surface area contributed by atoms with Gasteiger partial charge in [0.1, 0.15) is 6.54 Å². The van der Waals surface area contributed by atoms with Crippen molar-refractivity contribution in [3.63, 3.8) is 0 Å². The molecule has 5 nitrogen and oxygen atoms in total. The first kappa shape index (κ1) is 13.1. The number of nitrogens with zero attached hydrogens (tertiary/aromatic N) is 1. The molecule has 1 aromatic carbocycles. The molecule has 0 saturated carbocycles. The molecule has 7 heteroatoms. The molecule has 0 aliphatic carbocycles. The van der Waals surface area contributed by atoms with Gasteiger partial charge in [-0.15, -0.1) is 0 Å². The number of sulfonamides is 1. The van der Waals surface area contributed by atoms with Crippen LogP contribution in [0.1, 0.15) is 0 Å². The molecule has 0 radical (unpaired) electrons. The van der Waals surface area contributed by atoms with Gasteiger partial charge in [0.05, 0.1) is 4.90 Å². The third-order valence-corrected chi connectivity index (χ3v) is 4.15. The van der Waals surface area contributed by atoms with E-state index in [9.17, 15) is 13.2 Å². The van der Waals surface area contributed by atoms with Gasteiger partial charge in [0, 0.05) is 11.5 Å². The largest absolute Gasteiger partial charge is 0.480 e. The Morgan fingerprint density at radius 1 is 1.50 bits per heavy atom. The third kappa shape index (κ3) is 3.03. The van der Waals surface area contributed by atoms with Crippen molar-refractivity contribution in [2.24, 2.45) is 0 Å². The number of hydrogen-bond acceptors (Lipinski definition) is 3. The van der Waals surface area contributed by atoms with Crippen LogP contribution in [-0.2, 0) is 14.8 Å². The molecule has 1 rings (SSSR count). The minimum atomic E-state index is -3.73. The number of likely N-dealkylation sites (N-methyl/N-ethyl adjacent to an activating group) is 1. The highest BCUT2D eigenvalue weighted by molar-refractivity contribution is 9.10. The van der Waals surface area contributed by atoms with E-state index in [1.54, 1.807) is 12.1 Å². The molecule has 0 atom stereocenters. The van der Waals surface area contributed by atoms with Gasteiger partial charge in [-0.1, -0.05) is 22.0 Å². The molecule has 88 valence electrons. The Hall–Kier alpha value is -0.920. The molecule has 0 aliphatic heterocycles. The topological polar surface area (TPSA) is 74.7 Å². The molecule has 16 heavy (non-hydrogen) atoms. The molecule has 0 saturated heterocycles. The van der Waals surface area contributed by atoms with Crippen LogP contribution in [0.15, 0.2) is 33.6 Å². The zero-order valence-electron chi connectivity index (χ0n) is 8.42. The van der Waals surface area contributed by atoms with Crippen LogP contribution in [0, 0.1) is 0 Å². The average Bonchev–Trinajstić information content (AvgIpc) is 2.16. The lowest BCUT2D eigenvalue weighted by Gasteiger charge is -2.14. The van der Waals surface area contributed by atoms with E-state index in [0.29, 0.717) is 4.47 Å². The molecule has 1 aromatic rings. The summed E-state index contributed by atoms with van der Waals surface area (Å²) in [6.07, 6.45) is 0. The Morgan fingerprint density at radius 3 is 2.62 bits per heavy atom. The predicted octanol–water partition coefficient (Wildman–Crippen LogP) is 1.15. The number of halogens is 1. The molecule has 0 aromatic heterocycles. The van der Waals surface area contributed by atoms with Gasteiger partial charge >= 0.3 is 5.97 Å². The van der Waals surface area contributed by atoms with Gasteiger partial charge in [-0.25, -0.2) is 8.42 Å². The van der Waals surface area contributed by atoms with Crippen LogP contribution in [0.5, 0.6) is 0 Å². The van der Waals surface area contributed by atoms with Crippen LogP contribution in [0.2, 0.25) is 0 Å². The van der Waals surface area contributed by atoms with E-state index in [-0.39, 0.29) is 4.90 Å². The fourth-order valence-corrected chi connectivity index (χ4v) is 2.80. The van der Waals surface area contributed by atoms with Gasteiger partial charge in [0.15, 0.2) is 0 Å². The smallest absolute Gasteiger partial charge is 0.318 e. The van der Waals surface area contributed by atoms with Crippen molar-refractivity contribution in [2.45, 2.75) is 4.90 Å². The molecule has 0 fully saturated rings. The van der Waals surface area contributed by atoms with E-state index >= 15 is 0 Å². The SMILES string of the molecule is CN(CC(=O)O)S(=O)(=O)c1cccc(Br)c1. The van der Waals surface area contributed by atoms with Crippen molar-refractivity contribution in [1.82, 2.24) is 4.31 Å². The molecule has 0 aliphatic rings. The second-order valence-electron chi connectivity index (χ2n) is 3.11. The summed E-state index contributed by atoms with van der Waals surface area (Å²) < 4.78 is 25.1. The van der Waals surface area contributed by atoms with E-state index in [0.717, 1.165) is 4.31 Å². The predicted molar refractivity (Wildman–Crippen MR) is 61.6 cm³/mol. The lowest BCUT2D eigenvalue weighted by atomic mass is 10.4. The lowest BCUT2D eigenvalue weighted by Crippen LogP contribution is -2.32. The minimum absolute atomic E-state index is 0.0608. The fourth-order valence-electron chi connectivity index (χ4n) is 1.08. The number of rotatable bonds is 4. The summed E-state index contributed by atoms with van der Waals surface area (Å²) in [6, 6.07) is 6.11. The molecule has 0 unspecified atom stereocenters. The van der Waals surface area contributed by atoms with Crippen molar-refractivity contribution >= 4 is 31.9 Å². The number of hydrogen-bond donors (Lipinski definition) is 1. The van der Waals surface area contributed by atoms with Gasteiger partial charge < -0.3 is 5.11 Å². The first-order chi connectivity index (χ1) is 7.34. The van der Waals surface area contributed by atoms with Gasteiger partial charge in [-0.3, -0.25) is 4.79 Å². The molecule has 0 amide bonds. The Kier molecular flexibility index (Phi) is 4.06. The summed E-state index contributed by atoms with van der Waals surface area (Å²) in [4.78, 5) is 10.5. The maximum Gasteiger partial charge on any atom is 0.318 e. The first-order valence-corrected chi connectivity index (χ1v) is 6.51. The normalized spacial score (nSPS) is 11.7. The summed E-state index contributed by atoms with van der Waals surface area (Å²) in [7, 11) is -2.51. The summed E-state index contributed by atoms with van der Waals surface area (Å²) in [5, 5.41) is 8.53. The van der Waals surface area contributed by atoms with Crippen molar-refractivity contribution < 1.29 is 18.3 Å². The van der Waals surface area contributed by atoms with Crippen LogP contribution in [0.4, 0.5) is 0 Å². The lowest BCUT2D eigenvalue weighted by molar-refractivity contribution is -0.137. The number of carbonyl (C=O) groups is 1. The number of carboxylic acids is 1. The molecule has 0 bridgehead atoms. The van der Waals surface area contributed by atoms with Crippen molar-refractivity contribution in [1.29, 1.82) is 0 Å². The van der Waals surface area contributed by atoms with E-state index < -0.39 is 22.5 Å². The van der Waals surface area contributed by atoms with Crippen molar-refractivity contribution in [3.05, 3.63) is 28.7 Å². The highest BCUT2D eigenvalue weighted by atomic mass is 79.9. The quantitative estimate of drug-likeness (QED) is 0.905. The van der Waals surface area contributed by atoms with Gasteiger partial charge in [0.25, 0.3) is 0 Å². The fraction of sp³-hybridized carbons (Fsp3) is 0.222. The van der Waals surface area contributed by atoms with Crippen LogP contribution < -0.4 is 0 Å². The molecule has 0 heterocycles. The summed E-state index contributed by atoms with van der Waals surface area (Å²) in [5.74, 6) is -1.19. The molecule has 0 spiro atoms. The molecular weight excluding hydrogens is 298 g/mol. The molecular formula is C9H10BrNO4S. The van der Waals surface area contributed by atoms with Gasteiger partial charge in [-0.2, -0.15) is 4.31 Å². The van der Waals surface area contributed by atoms with E-state index in [1.165, 1.54) is 19.2 Å². The van der Waals surface area contributed by atoms with Crippen LogP contribution in [0.25, 0.3) is 0 Å². The summed E-state index contributed by atoms with van der Waals surface area (Å²) >= 11 is 3.16. The highest BCUT2D eigenvalue weighted by Gasteiger charge is 2.22. The standard InChI is InChI=1S/C9H10BrNO4S/c1-11(6-9(12)13)16(14,15)8-4-2-3-7(10)5-8/h2-5H,6H2,1H3,(H,12,13). The monoisotopic (exact) mass is 307 g/mol. The highest BCUT2D eigenvalue weighted by Crippen LogP contribution is 2.18. The van der Waals surface area contributed by atoms with Crippen LogP contribution in [0.3, 0.4) is 0 Å². The van der Waals surface area contributed by atoms with E-state index in [2.05, 4.69) is 15.9 Å². The number of carboxylic acid groups (broad SMARTS) is 1. The second kappa shape index (κ2) is 4.94. The van der Waals surface area contributed by atoms with E-state index in [1.807, 2.05) is 0 Å². The number of benzene rings is 1. The Labute approximate surface area is 102 Å². The maximum atomic E-state index is 11.9. The zero-order chi connectivity index (χ0) is 12.3. The summed E-state index contributed by atoms with van der Waals surface area (Å²) in [6.45, 7) is -0.561. The first-order valence-electron chi connectivity index (χ1n) is 4.28. The number of aliphatic carboxylic acids is 1. The van der Waals surface area contributed by atoms with Gasteiger partial charge in [0.2, 0.25) is 10.0 Å².